The van der Waals surface area contributed by atoms with Gasteiger partial charge < -0.3 is 0 Å². The number of carbonyl (C=O) groups excluding carboxylic acids is 1. The molecule has 0 saturated carbocycles. The smallest absolute Gasteiger partial charge is 0.236 e. The van der Waals surface area contributed by atoms with Crippen molar-refractivity contribution in [1.29, 1.82) is 0 Å². The lowest BCUT2D eigenvalue weighted by Crippen LogP contribution is -2.46. The van der Waals surface area contributed by atoms with E-state index in [0.717, 1.165) is 11.3 Å². The van der Waals surface area contributed by atoms with Crippen LogP contribution >= 0.6 is 0 Å². The number of amides is 1. The minimum absolute atomic E-state index is 0.189. The Balaban J connectivity index is 2.82. The van der Waals surface area contributed by atoms with Gasteiger partial charge in [0.25, 0.3) is 0 Å². The highest BCUT2D eigenvalue weighted by Crippen LogP contribution is 2.14. The fourth-order valence-corrected chi connectivity index (χ4v) is 1.06. The molecular weight excluding hydrogens is 166 g/mol. The number of hydrogen-bond acceptors (Lipinski definition) is 3. The highest BCUT2D eigenvalue weighted by molar-refractivity contribution is 5.75. The van der Waals surface area contributed by atoms with Crippen LogP contribution in [0.4, 0.5) is 5.69 Å². The third-order valence-corrected chi connectivity index (χ3v) is 1.65. The maximum Gasteiger partial charge on any atom is 0.236 e. The summed E-state index contributed by atoms with van der Waals surface area (Å²) in [6.45, 7) is 3.34. The standard InChI is InChI=1S/C9H13N3O/c1-7-5-3-4-6-9(7)12(10)11-8(2)13/h3-6H,10H2,1-2H3,(H,11,13). The van der Waals surface area contributed by atoms with Crippen LogP contribution in [0.2, 0.25) is 0 Å². The number of anilines is 1. The molecule has 1 aromatic carbocycles. The number of para-hydroxylation sites is 1. The van der Waals surface area contributed by atoms with Crippen molar-refractivity contribution in [3.63, 3.8) is 0 Å². The van der Waals surface area contributed by atoms with Crippen LogP contribution in [-0.4, -0.2) is 5.91 Å². The first-order valence-corrected chi connectivity index (χ1v) is 3.99. The predicted octanol–water partition coefficient (Wildman–Crippen LogP) is 0.726. The van der Waals surface area contributed by atoms with Gasteiger partial charge in [0.1, 0.15) is 0 Å². The molecule has 4 heteroatoms. The molecule has 1 rings (SSSR count). The second-order valence-corrected chi connectivity index (χ2v) is 2.82. The zero-order valence-corrected chi connectivity index (χ0v) is 7.74. The number of hydrogen-bond donors (Lipinski definition) is 2. The Kier molecular flexibility index (Phi) is 2.87. The molecule has 0 spiro atoms. The zero-order valence-electron chi connectivity index (χ0n) is 7.74. The van der Waals surface area contributed by atoms with E-state index in [1.165, 1.54) is 12.0 Å². The molecule has 0 atom stereocenters. The summed E-state index contributed by atoms with van der Waals surface area (Å²) in [7, 11) is 0. The summed E-state index contributed by atoms with van der Waals surface area (Å²) in [5.41, 5.74) is 4.27. The number of nitrogens with one attached hydrogen (secondary N) is 1. The van der Waals surface area contributed by atoms with Gasteiger partial charge in [0.15, 0.2) is 0 Å². The number of benzene rings is 1. The van der Waals surface area contributed by atoms with E-state index in [2.05, 4.69) is 5.43 Å². The lowest BCUT2D eigenvalue weighted by atomic mass is 10.2. The molecule has 3 N–H and O–H groups in total. The summed E-state index contributed by atoms with van der Waals surface area (Å²) in [5.74, 6) is 5.41. The quantitative estimate of drug-likeness (QED) is 0.519. The molecule has 0 aliphatic carbocycles. The van der Waals surface area contributed by atoms with E-state index in [0.29, 0.717) is 0 Å². The van der Waals surface area contributed by atoms with Crippen molar-refractivity contribution in [2.75, 3.05) is 5.12 Å². The molecule has 0 fully saturated rings. The minimum Gasteiger partial charge on any atom is -0.274 e. The van der Waals surface area contributed by atoms with Crippen molar-refractivity contribution in [3.05, 3.63) is 29.8 Å². The summed E-state index contributed by atoms with van der Waals surface area (Å²) in [6, 6.07) is 7.55. The van der Waals surface area contributed by atoms with E-state index in [1.54, 1.807) is 0 Å². The molecule has 1 aromatic rings. The average Bonchev–Trinajstić information content (AvgIpc) is 2.03. The maximum atomic E-state index is 10.7. The molecule has 0 aliphatic heterocycles. The summed E-state index contributed by atoms with van der Waals surface area (Å²) < 4.78 is 0. The van der Waals surface area contributed by atoms with Crippen LogP contribution in [0.3, 0.4) is 0 Å². The van der Waals surface area contributed by atoms with Gasteiger partial charge in [0.2, 0.25) is 5.91 Å². The van der Waals surface area contributed by atoms with Crippen molar-refractivity contribution in [3.8, 4) is 0 Å². The third-order valence-electron chi connectivity index (χ3n) is 1.65. The largest absolute Gasteiger partial charge is 0.274 e. The van der Waals surface area contributed by atoms with Crippen molar-refractivity contribution in [2.24, 2.45) is 5.84 Å². The van der Waals surface area contributed by atoms with Gasteiger partial charge in [0.05, 0.1) is 5.69 Å². The van der Waals surface area contributed by atoms with Gasteiger partial charge in [-0.1, -0.05) is 18.2 Å². The van der Waals surface area contributed by atoms with Gasteiger partial charge in [-0.15, -0.1) is 0 Å². The number of nitrogens with zero attached hydrogens (tertiary/aromatic N) is 1. The molecule has 0 bridgehead atoms. The predicted molar refractivity (Wildman–Crippen MR) is 51.7 cm³/mol. The lowest BCUT2D eigenvalue weighted by molar-refractivity contribution is -0.119. The highest BCUT2D eigenvalue weighted by atomic mass is 16.2. The Bertz CT molecular complexity index is 311. The fourth-order valence-electron chi connectivity index (χ4n) is 1.06. The normalized spacial score (nSPS) is 9.46. The number of hydrazine groups is 2. The average molecular weight is 179 g/mol. The van der Waals surface area contributed by atoms with E-state index < -0.39 is 0 Å². The van der Waals surface area contributed by atoms with E-state index in [-0.39, 0.29) is 5.91 Å². The van der Waals surface area contributed by atoms with Crippen LogP contribution in [-0.2, 0) is 4.79 Å². The Morgan fingerprint density at radius 2 is 2.08 bits per heavy atom. The van der Waals surface area contributed by atoms with Crippen LogP contribution in [0.15, 0.2) is 24.3 Å². The van der Waals surface area contributed by atoms with Crippen LogP contribution in [0, 0.1) is 6.92 Å². The molecule has 0 aromatic heterocycles. The third kappa shape index (κ3) is 2.45. The molecule has 0 saturated heterocycles. The molecule has 1 amide bonds. The first kappa shape index (κ1) is 9.54. The van der Waals surface area contributed by atoms with Crippen molar-refractivity contribution in [1.82, 2.24) is 5.43 Å². The Morgan fingerprint density at radius 3 is 2.62 bits per heavy atom. The lowest BCUT2D eigenvalue weighted by Gasteiger charge is -2.19. The van der Waals surface area contributed by atoms with Gasteiger partial charge in [-0.05, 0) is 18.6 Å². The van der Waals surface area contributed by atoms with E-state index in [9.17, 15) is 4.79 Å². The number of carbonyl (C=O) groups is 1. The molecule has 4 nitrogen and oxygen atoms in total. The topological polar surface area (TPSA) is 58.4 Å². The molecule has 0 heterocycles. The molecule has 0 radical (unpaired) electrons. The molecule has 70 valence electrons. The van der Waals surface area contributed by atoms with Crippen LogP contribution in [0.1, 0.15) is 12.5 Å². The van der Waals surface area contributed by atoms with E-state index in [4.69, 9.17) is 5.84 Å². The monoisotopic (exact) mass is 179 g/mol. The van der Waals surface area contributed by atoms with Gasteiger partial charge in [-0.25, -0.2) is 11.0 Å². The Morgan fingerprint density at radius 1 is 1.46 bits per heavy atom. The Labute approximate surface area is 77.3 Å². The summed E-state index contributed by atoms with van der Waals surface area (Å²) in [4.78, 5) is 10.7. The van der Waals surface area contributed by atoms with Gasteiger partial charge >= 0.3 is 0 Å². The molecule has 13 heavy (non-hydrogen) atoms. The summed E-state index contributed by atoms with van der Waals surface area (Å²) in [6.07, 6.45) is 0. The maximum absolute atomic E-state index is 10.7. The summed E-state index contributed by atoms with van der Waals surface area (Å²) >= 11 is 0. The van der Waals surface area contributed by atoms with Crippen molar-refractivity contribution < 1.29 is 4.79 Å². The second kappa shape index (κ2) is 3.91. The van der Waals surface area contributed by atoms with Gasteiger partial charge in [0, 0.05) is 6.92 Å². The van der Waals surface area contributed by atoms with E-state index >= 15 is 0 Å². The summed E-state index contributed by atoms with van der Waals surface area (Å²) in [5, 5.41) is 1.22. The molecule has 0 aliphatic rings. The van der Waals surface area contributed by atoms with Crippen LogP contribution in [0.25, 0.3) is 0 Å². The van der Waals surface area contributed by atoms with Crippen molar-refractivity contribution in [2.45, 2.75) is 13.8 Å². The SMILES string of the molecule is CC(=O)NN(N)c1ccccc1C. The van der Waals surface area contributed by atoms with Gasteiger partial charge in [-0.2, -0.15) is 0 Å². The zero-order chi connectivity index (χ0) is 9.84. The number of rotatable bonds is 2. The van der Waals surface area contributed by atoms with Gasteiger partial charge in [-0.3, -0.25) is 10.2 Å². The first-order valence-electron chi connectivity index (χ1n) is 3.99. The number of nitrogens with two attached hydrogens (primary N) is 1. The second-order valence-electron chi connectivity index (χ2n) is 2.82. The molecular formula is C9H13N3O. The van der Waals surface area contributed by atoms with Crippen LogP contribution < -0.4 is 16.4 Å². The van der Waals surface area contributed by atoms with Crippen LogP contribution in [0.5, 0.6) is 0 Å². The number of aryl methyl sites for hydroxylation is 1. The fraction of sp³-hybridized carbons (Fsp3) is 0.222. The van der Waals surface area contributed by atoms with E-state index in [1.807, 2.05) is 31.2 Å². The van der Waals surface area contributed by atoms with Crippen molar-refractivity contribution >= 4 is 11.6 Å². The minimum atomic E-state index is -0.189. The Hall–Kier alpha value is -1.55. The highest BCUT2D eigenvalue weighted by Gasteiger charge is 2.04. The first-order chi connectivity index (χ1) is 6.11. The molecule has 0 unspecified atom stereocenters.